The number of rotatable bonds is 3. The first kappa shape index (κ1) is 20.0. The van der Waals surface area contributed by atoms with Crippen molar-refractivity contribution in [2.45, 2.75) is 59.0 Å². The predicted octanol–water partition coefficient (Wildman–Crippen LogP) is 3.86. The lowest BCUT2D eigenvalue weighted by Gasteiger charge is -2.36. The summed E-state index contributed by atoms with van der Waals surface area (Å²) in [6.45, 7) is 10.5. The van der Waals surface area contributed by atoms with Gasteiger partial charge in [-0.05, 0) is 58.9 Å². The van der Waals surface area contributed by atoms with Gasteiger partial charge in [0, 0.05) is 31.1 Å². The number of thiophene rings is 1. The van der Waals surface area contributed by atoms with Gasteiger partial charge < -0.3 is 19.3 Å². The molecule has 0 atom stereocenters. The van der Waals surface area contributed by atoms with Crippen LogP contribution >= 0.6 is 11.3 Å². The Bertz CT molecular complexity index is 700. The van der Waals surface area contributed by atoms with E-state index in [4.69, 9.17) is 9.47 Å². The highest BCUT2D eigenvalue weighted by Crippen LogP contribution is 2.41. The van der Waals surface area contributed by atoms with Gasteiger partial charge in [-0.25, -0.2) is 9.59 Å². The van der Waals surface area contributed by atoms with Crippen LogP contribution in [-0.4, -0.2) is 55.3 Å². The highest BCUT2D eigenvalue weighted by Gasteiger charge is 2.32. The van der Waals surface area contributed by atoms with Gasteiger partial charge in [-0.3, -0.25) is 0 Å². The van der Waals surface area contributed by atoms with Crippen molar-refractivity contribution in [3.63, 3.8) is 0 Å². The van der Waals surface area contributed by atoms with Gasteiger partial charge in [0.15, 0.2) is 0 Å². The normalized spacial score (nSPS) is 17.5. The maximum atomic E-state index is 12.6. The van der Waals surface area contributed by atoms with E-state index in [1.807, 2.05) is 27.7 Å². The van der Waals surface area contributed by atoms with Crippen LogP contribution in [0.1, 0.15) is 61.3 Å². The van der Waals surface area contributed by atoms with Crippen LogP contribution in [-0.2, 0) is 22.3 Å². The summed E-state index contributed by atoms with van der Waals surface area (Å²) in [4.78, 5) is 30.2. The standard InChI is InChI=1S/C20H30N2O4S/c1-5-25-18(23)16-14-8-6-7-9-15(14)27-17(16)21-10-12-22(13-11-21)19(24)26-20(2,3)4/h5-13H2,1-4H3. The van der Waals surface area contributed by atoms with Gasteiger partial charge in [0.1, 0.15) is 10.6 Å². The summed E-state index contributed by atoms with van der Waals surface area (Å²) in [5, 5.41) is 1.02. The molecule has 2 aliphatic rings. The molecule has 1 aromatic rings. The average molecular weight is 395 g/mol. The second-order valence-electron chi connectivity index (χ2n) is 8.07. The summed E-state index contributed by atoms with van der Waals surface area (Å²) in [5.41, 5.74) is 1.47. The zero-order valence-corrected chi connectivity index (χ0v) is 17.6. The molecule has 1 aliphatic heterocycles. The van der Waals surface area contributed by atoms with E-state index in [-0.39, 0.29) is 12.1 Å². The SMILES string of the molecule is CCOC(=O)c1c(N2CCN(C(=O)OC(C)(C)C)CC2)sc2c1CCCC2. The Morgan fingerprint density at radius 3 is 2.37 bits per heavy atom. The van der Waals surface area contributed by atoms with Gasteiger partial charge in [-0.2, -0.15) is 0 Å². The second-order valence-corrected chi connectivity index (χ2v) is 9.15. The lowest BCUT2D eigenvalue weighted by Crippen LogP contribution is -2.50. The molecule has 1 amide bonds. The number of ether oxygens (including phenoxy) is 2. The highest BCUT2D eigenvalue weighted by molar-refractivity contribution is 7.16. The maximum absolute atomic E-state index is 12.6. The van der Waals surface area contributed by atoms with Crippen molar-refractivity contribution in [3.8, 4) is 0 Å². The molecule has 3 rings (SSSR count). The van der Waals surface area contributed by atoms with Crippen molar-refractivity contribution in [2.24, 2.45) is 0 Å². The van der Waals surface area contributed by atoms with E-state index < -0.39 is 5.60 Å². The van der Waals surface area contributed by atoms with Crippen LogP contribution < -0.4 is 4.90 Å². The van der Waals surface area contributed by atoms with Gasteiger partial charge in [-0.15, -0.1) is 11.3 Å². The number of fused-ring (bicyclic) bond motifs is 1. The van der Waals surface area contributed by atoms with Crippen LogP contribution in [0.2, 0.25) is 0 Å². The number of aryl methyl sites for hydroxylation is 1. The first-order valence-electron chi connectivity index (χ1n) is 9.84. The molecule has 0 spiro atoms. The fraction of sp³-hybridized carbons (Fsp3) is 0.700. The third kappa shape index (κ3) is 4.57. The molecule has 6 nitrogen and oxygen atoms in total. The number of nitrogens with zero attached hydrogens (tertiary/aromatic N) is 2. The molecule has 0 aromatic carbocycles. The molecule has 1 aliphatic carbocycles. The Hall–Kier alpha value is -1.76. The molecular formula is C20H30N2O4S. The molecule has 1 fully saturated rings. The number of carbonyl (C=O) groups is 2. The molecular weight excluding hydrogens is 364 g/mol. The molecule has 27 heavy (non-hydrogen) atoms. The number of hydrogen-bond donors (Lipinski definition) is 0. The first-order valence-corrected chi connectivity index (χ1v) is 10.7. The van der Waals surface area contributed by atoms with E-state index in [0.717, 1.165) is 29.8 Å². The van der Waals surface area contributed by atoms with Crippen molar-refractivity contribution >= 4 is 28.4 Å². The minimum absolute atomic E-state index is 0.207. The van der Waals surface area contributed by atoms with Crippen molar-refractivity contribution in [1.29, 1.82) is 0 Å². The van der Waals surface area contributed by atoms with E-state index in [1.54, 1.807) is 16.2 Å². The largest absolute Gasteiger partial charge is 0.462 e. The quantitative estimate of drug-likeness (QED) is 0.729. The summed E-state index contributed by atoms with van der Waals surface area (Å²) in [6.07, 6.45) is 4.05. The number of hydrogen-bond acceptors (Lipinski definition) is 6. The number of anilines is 1. The van der Waals surface area contributed by atoms with Crippen LogP contribution in [0.25, 0.3) is 0 Å². The Balaban J connectivity index is 1.75. The van der Waals surface area contributed by atoms with Crippen molar-refractivity contribution in [2.75, 3.05) is 37.7 Å². The van der Waals surface area contributed by atoms with Gasteiger partial charge in [0.05, 0.1) is 12.2 Å². The molecule has 2 heterocycles. The third-order valence-electron chi connectivity index (χ3n) is 4.85. The molecule has 0 saturated carbocycles. The Morgan fingerprint density at radius 1 is 1.07 bits per heavy atom. The fourth-order valence-corrected chi connectivity index (χ4v) is 5.03. The lowest BCUT2D eigenvalue weighted by atomic mass is 9.95. The van der Waals surface area contributed by atoms with Crippen LogP contribution in [0, 0.1) is 0 Å². The van der Waals surface area contributed by atoms with Crippen molar-refractivity contribution in [1.82, 2.24) is 4.90 Å². The Morgan fingerprint density at radius 2 is 1.74 bits per heavy atom. The predicted molar refractivity (Wildman–Crippen MR) is 107 cm³/mol. The summed E-state index contributed by atoms with van der Waals surface area (Å²) in [5.74, 6) is -0.207. The van der Waals surface area contributed by atoms with Crippen LogP contribution in [0.3, 0.4) is 0 Å². The van der Waals surface area contributed by atoms with Crippen LogP contribution in [0.15, 0.2) is 0 Å². The maximum Gasteiger partial charge on any atom is 0.410 e. The third-order valence-corrected chi connectivity index (χ3v) is 6.20. The van der Waals surface area contributed by atoms with Gasteiger partial charge in [-0.1, -0.05) is 0 Å². The first-order chi connectivity index (χ1) is 12.8. The Labute approximate surface area is 165 Å². The van der Waals surface area contributed by atoms with E-state index in [9.17, 15) is 9.59 Å². The topological polar surface area (TPSA) is 59.1 Å². The fourth-order valence-electron chi connectivity index (χ4n) is 3.61. The van der Waals surface area contributed by atoms with E-state index in [1.165, 1.54) is 16.9 Å². The smallest absolute Gasteiger partial charge is 0.410 e. The highest BCUT2D eigenvalue weighted by atomic mass is 32.1. The minimum atomic E-state index is -0.488. The van der Waals surface area contributed by atoms with E-state index in [2.05, 4.69) is 4.90 Å². The van der Waals surface area contributed by atoms with Gasteiger partial charge in [0.25, 0.3) is 0 Å². The van der Waals surface area contributed by atoms with Crippen molar-refractivity contribution < 1.29 is 19.1 Å². The molecule has 150 valence electrons. The lowest BCUT2D eigenvalue weighted by molar-refractivity contribution is 0.0240. The van der Waals surface area contributed by atoms with Gasteiger partial charge in [0.2, 0.25) is 0 Å². The summed E-state index contributed by atoms with van der Waals surface area (Å²) in [7, 11) is 0. The Kier molecular flexibility index (Phi) is 5.99. The van der Waals surface area contributed by atoms with Crippen molar-refractivity contribution in [3.05, 3.63) is 16.0 Å². The van der Waals surface area contributed by atoms with Crippen LogP contribution in [0.5, 0.6) is 0 Å². The molecule has 0 bridgehead atoms. The van der Waals surface area contributed by atoms with Gasteiger partial charge >= 0.3 is 12.1 Å². The zero-order chi connectivity index (χ0) is 19.6. The van der Waals surface area contributed by atoms with E-state index >= 15 is 0 Å². The molecule has 1 aromatic heterocycles. The van der Waals surface area contributed by atoms with E-state index in [0.29, 0.717) is 32.8 Å². The summed E-state index contributed by atoms with van der Waals surface area (Å²) < 4.78 is 10.8. The number of esters is 1. The van der Waals surface area contributed by atoms with Crippen LogP contribution in [0.4, 0.5) is 9.80 Å². The molecule has 0 radical (unpaired) electrons. The summed E-state index contributed by atoms with van der Waals surface area (Å²) >= 11 is 1.73. The number of amides is 1. The second kappa shape index (κ2) is 8.09. The monoisotopic (exact) mass is 394 g/mol. The molecule has 0 unspecified atom stereocenters. The summed E-state index contributed by atoms with van der Waals surface area (Å²) in [6, 6.07) is 0. The zero-order valence-electron chi connectivity index (χ0n) is 16.8. The minimum Gasteiger partial charge on any atom is -0.462 e. The number of piperazine rings is 1. The molecule has 1 saturated heterocycles. The average Bonchev–Trinajstić information content (AvgIpc) is 3.00. The molecule has 7 heteroatoms. The number of carbonyl (C=O) groups excluding carboxylic acids is 2. The molecule has 0 N–H and O–H groups in total.